The molecule has 0 atom stereocenters. The molecule has 1 aromatic heterocycles. The van der Waals surface area contributed by atoms with Crippen LogP contribution in [0.2, 0.25) is 0 Å². The highest BCUT2D eigenvalue weighted by Crippen LogP contribution is 2.25. The summed E-state index contributed by atoms with van der Waals surface area (Å²) in [5, 5.41) is 9.63. The first kappa shape index (κ1) is 14.5. The number of nitrogens with zero attached hydrogens (tertiary/aromatic N) is 2. The first-order valence-electron chi connectivity index (χ1n) is 6.70. The molecule has 1 fully saturated rings. The molecule has 2 rings (SSSR count). The number of H-pyrrole nitrogens is 1. The van der Waals surface area contributed by atoms with Crippen molar-refractivity contribution in [3.05, 3.63) is 11.9 Å². The van der Waals surface area contributed by atoms with Crippen LogP contribution in [0.3, 0.4) is 0 Å². The lowest BCUT2D eigenvalue weighted by Gasteiger charge is -2.31. The number of sulfonamides is 1. The van der Waals surface area contributed by atoms with Gasteiger partial charge in [0.25, 0.3) is 0 Å². The molecule has 1 saturated heterocycles. The average Bonchev–Trinajstić information content (AvgIpc) is 2.84. The van der Waals surface area contributed by atoms with Gasteiger partial charge in [0.05, 0.1) is 11.9 Å². The molecule has 6 nitrogen and oxygen atoms in total. The van der Waals surface area contributed by atoms with Crippen LogP contribution in [0.25, 0.3) is 0 Å². The molecule has 0 amide bonds. The lowest BCUT2D eigenvalue weighted by molar-refractivity contribution is 0.263. The Morgan fingerprint density at radius 3 is 2.68 bits per heavy atom. The SMILES string of the molecule is CNCCC1CCN(S(=O)(=O)c2cn[nH]c2C)CC1. The molecule has 0 spiro atoms. The number of aryl methyl sites for hydroxylation is 1. The zero-order chi connectivity index (χ0) is 13.9. The summed E-state index contributed by atoms with van der Waals surface area (Å²) in [6.07, 6.45) is 4.41. The largest absolute Gasteiger partial charge is 0.320 e. The summed E-state index contributed by atoms with van der Waals surface area (Å²) in [5.41, 5.74) is 0.609. The molecule has 108 valence electrons. The van der Waals surface area contributed by atoms with E-state index in [0.717, 1.165) is 25.8 Å². The summed E-state index contributed by atoms with van der Waals surface area (Å²) in [4.78, 5) is 0.307. The van der Waals surface area contributed by atoms with Crippen LogP contribution in [0.1, 0.15) is 25.0 Å². The third-order valence-corrected chi connectivity index (χ3v) is 5.79. The van der Waals surface area contributed by atoms with E-state index in [-0.39, 0.29) is 0 Å². The number of piperidine rings is 1. The van der Waals surface area contributed by atoms with Gasteiger partial charge in [-0.2, -0.15) is 9.40 Å². The van der Waals surface area contributed by atoms with E-state index >= 15 is 0 Å². The third kappa shape index (κ3) is 3.16. The highest BCUT2D eigenvalue weighted by Gasteiger charge is 2.30. The number of hydrogen-bond donors (Lipinski definition) is 2. The second-order valence-corrected chi connectivity index (χ2v) is 7.01. The third-order valence-electron chi connectivity index (χ3n) is 3.78. The van der Waals surface area contributed by atoms with Gasteiger partial charge in [-0.15, -0.1) is 0 Å². The molecule has 2 N–H and O–H groups in total. The van der Waals surface area contributed by atoms with E-state index in [4.69, 9.17) is 0 Å². The van der Waals surface area contributed by atoms with E-state index in [1.54, 1.807) is 11.2 Å². The van der Waals surface area contributed by atoms with Crippen molar-refractivity contribution in [2.45, 2.75) is 31.1 Å². The van der Waals surface area contributed by atoms with Gasteiger partial charge in [0.2, 0.25) is 10.0 Å². The molecular formula is C12H22N4O2S. The molecule has 2 heterocycles. The van der Waals surface area contributed by atoms with Crippen LogP contribution >= 0.6 is 0 Å². The van der Waals surface area contributed by atoms with Crippen molar-refractivity contribution in [1.82, 2.24) is 19.8 Å². The number of rotatable bonds is 5. The first-order valence-corrected chi connectivity index (χ1v) is 8.14. The van der Waals surface area contributed by atoms with Gasteiger partial charge in [-0.3, -0.25) is 5.10 Å². The summed E-state index contributed by atoms with van der Waals surface area (Å²) in [7, 11) is -1.42. The molecular weight excluding hydrogens is 264 g/mol. The van der Waals surface area contributed by atoms with Crippen molar-refractivity contribution in [1.29, 1.82) is 0 Å². The Balaban J connectivity index is 2.00. The van der Waals surface area contributed by atoms with E-state index in [9.17, 15) is 8.42 Å². The van der Waals surface area contributed by atoms with Crippen LogP contribution in [0.4, 0.5) is 0 Å². The Morgan fingerprint density at radius 1 is 1.47 bits per heavy atom. The topological polar surface area (TPSA) is 78.1 Å². The Labute approximate surface area is 114 Å². The molecule has 0 aliphatic carbocycles. The van der Waals surface area contributed by atoms with E-state index in [1.807, 2.05) is 7.05 Å². The van der Waals surface area contributed by atoms with Gasteiger partial charge in [0.1, 0.15) is 4.90 Å². The zero-order valence-electron chi connectivity index (χ0n) is 11.5. The number of aromatic amines is 1. The van der Waals surface area contributed by atoms with Crippen LogP contribution in [0, 0.1) is 12.8 Å². The van der Waals surface area contributed by atoms with Gasteiger partial charge in [0.15, 0.2) is 0 Å². The predicted octanol–water partition coefficient (Wildman–Crippen LogP) is 0.728. The Morgan fingerprint density at radius 2 is 2.16 bits per heavy atom. The monoisotopic (exact) mass is 286 g/mol. The van der Waals surface area contributed by atoms with E-state index in [2.05, 4.69) is 15.5 Å². The summed E-state index contributed by atoms with van der Waals surface area (Å²) in [6, 6.07) is 0. The second kappa shape index (κ2) is 6.02. The first-order chi connectivity index (χ1) is 9.05. The summed E-state index contributed by atoms with van der Waals surface area (Å²) < 4.78 is 26.5. The van der Waals surface area contributed by atoms with Crippen molar-refractivity contribution >= 4 is 10.0 Å². The summed E-state index contributed by atoms with van der Waals surface area (Å²) in [6.45, 7) is 3.96. The zero-order valence-corrected chi connectivity index (χ0v) is 12.3. The fourth-order valence-electron chi connectivity index (χ4n) is 2.53. The minimum absolute atomic E-state index is 0.307. The lowest BCUT2D eigenvalue weighted by Crippen LogP contribution is -2.39. The van der Waals surface area contributed by atoms with Gasteiger partial charge >= 0.3 is 0 Å². The van der Waals surface area contributed by atoms with Gasteiger partial charge in [-0.05, 0) is 45.7 Å². The molecule has 0 aromatic carbocycles. The molecule has 1 aliphatic heterocycles. The molecule has 0 saturated carbocycles. The minimum Gasteiger partial charge on any atom is -0.320 e. The van der Waals surface area contributed by atoms with Crippen LogP contribution < -0.4 is 5.32 Å². The highest BCUT2D eigenvalue weighted by atomic mass is 32.2. The fraction of sp³-hybridized carbons (Fsp3) is 0.750. The molecule has 0 unspecified atom stereocenters. The maximum atomic E-state index is 12.4. The molecule has 19 heavy (non-hydrogen) atoms. The minimum atomic E-state index is -3.37. The van der Waals surface area contributed by atoms with Crippen molar-refractivity contribution < 1.29 is 8.42 Å². The van der Waals surface area contributed by atoms with E-state index in [0.29, 0.717) is 29.6 Å². The highest BCUT2D eigenvalue weighted by molar-refractivity contribution is 7.89. The maximum Gasteiger partial charge on any atom is 0.246 e. The van der Waals surface area contributed by atoms with Crippen molar-refractivity contribution in [3.63, 3.8) is 0 Å². The Kier molecular flexibility index (Phi) is 4.59. The van der Waals surface area contributed by atoms with Gasteiger partial charge < -0.3 is 5.32 Å². The second-order valence-electron chi connectivity index (χ2n) is 5.10. The molecule has 0 radical (unpaired) electrons. The average molecular weight is 286 g/mol. The van der Waals surface area contributed by atoms with Crippen LogP contribution in [0.15, 0.2) is 11.1 Å². The molecule has 1 aliphatic rings. The van der Waals surface area contributed by atoms with Crippen LogP contribution in [0.5, 0.6) is 0 Å². The normalized spacial score (nSPS) is 18.8. The summed E-state index contributed by atoms with van der Waals surface area (Å²) in [5.74, 6) is 0.629. The van der Waals surface area contributed by atoms with Crippen molar-refractivity contribution in [3.8, 4) is 0 Å². The smallest absolute Gasteiger partial charge is 0.246 e. The van der Waals surface area contributed by atoms with Gasteiger partial charge in [-0.25, -0.2) is 8.42 Å². The van der Waals surface area contributed by atoms with E-state index < -0.39 is 10.0 Å². The Bertz CT molecular complexity index is 504. The standard InChI is InChI=1S/C12H22N4O2S/c1-10-12(9-14-15-10)19(17,18)16-7-4-11(5-8-16)3-6-13-2/h9,11,13H,3-8H2,1-2H3,(H,14,15). The predicted molar refractivity (Wildman–Crippen MR) is 73.4 cm³/mol. The van der Waals surface area contributed by atoms with Gasteiger partial charge in [-0.1, -0.05) is 0 Å². The molecule has 0 bridgehead atoms. The summed E-state index contributed by atoms with van der Waals surface area (Å²) >= 11 is 0. The number of aromatic nitrogens is 2. The number of hydrogen-bond acceptors (Lipinski definition) is 4. The number of nitrogens with one attached hydrogen (secondary N) is 2. The quantitative estimate of drug-likeness (QED) is 0.836. The van der Waals surface area contributed by atoms with Crippen LogP contribution in [-0.4, -0.2) is 49.6 Å². The lowest BCUT2D eigenvalue weighted by atomic mass is 9.95. The van der Waals surface area contributed by atoms with Crippen molar-refractivity contribution in [2.75, 3.05) is 26.7 Å². The molecule has 1 aromatic rings. The fourth-order valence-corrected chi connectivity index (χ4v) is 4.11. The van der Waals surface area contributed by atoms with Gasteiger partial charge in [0, 0.05) is 13.1 Å². The van der Waals surface area contributed by atoms with Crippen LogP contribution in [-0.2, 0) is 10.0 Å². The maximum absolute atomic E-state index is 12.4. The van der Waals surface area contributed by atoms with E-state index in [1.165, 1.54) is 6.20 Å². The molecule has 7 heteroatoms. The van der Waals surface area contributed by atoms with Crippen molar-refractivity contribution in [2.24, 2.45) is 5.92 Å². The Hall–Kier alpha value is -0.920.